The Hall–Kier alpha value is -3.60. The van der Waals surface area contributed by atoms with Crippen molar-refractivity contribution in [2.75, 3.05) is 6.54 Å². The Morgan fingerprint density at radius 2 is 1.45 bits per heavy atom. The molecule has 0 aliphatic carbocycles. The molecule has 0 bridgehead atoms. The van der Waals surface area contributed by atoms with Gasteiger partial charge in [-0.25, -0.2) is 4.79 Å². The van der Waals surface area contributed by atoms with Crippen LogP contribution in [0, 0.1) is 0 Å². The first-order valence-electron chi connectivity index (χ1n) is 9.67. The maximum absolute atomic E-state index is 12.4. The summed E-state index contributed by atoms with van der Waals surface area (Å²) in [5, 5.41) is 2.94. The number of amides is 1. The van der Waals surface area contributed by atoms with E-state index < -0.39 is 5.76 Å². The highest BCUT2D eigenvalue weighted by molar-refractivity contribution is 5.79. The van der Waals surface area contributed by atoms with E-state index in [0.29, 0.717) is 17.6 Å². The Morgan fingerprint density at radius 1 is 0.862 bits per heavy atom. The molecule has 29 heavy (non-hydrogen) atoms. The first-order chi connectivity index (χ1) is 14.2. The molecule has 1 aromatic heterocycles. The number of rotatable bonds is 7. The van der Waals surface area contributed by atoms with Crippen molar-refractivity contribution in [2.45, 2.75) is 18.9 Å². The number of fused-ring (bicyclic) bond motifs is 1. The van der Waals surface area contributed by atoms with Gasteiger partial charge in [0.1, 0.15) is 6.54 Å². The summed E-state index contributed by atoms with van der Waals surface area (Å²) >= 11 is 0. The van der Waals surface area contributed by atoms with Crippen LogP contribution in [0.25, 0.3) is 11.1 Å². The molecule has 0 saturated heterocycles. The summed E-state index contributed by atoms with van der Waals surface area (Å²) in [6.45, 7) is 0.453. The van der Waals surface area contributed by atoms with E-state index >= 15 is 0 Å². The van der Waals surface area contributed by atoms with Crippen molar-refractivity contribution in [3.63, 3.8) is 0 Å². The van der Waals surface area contributed by atoms with Gasteiger partial charge in [-0.15, -0.1) is 0 Å². The predicted octanol–water partition coefficient (Wildman–Crippen LogP) is 3.93. The zero-order chi connectivity index (χ0) is 20.1. The molecule has 3 aromatic carbocycles. The predicted molar refractivity (Wildman–Crippen MR) is 113 cm³/mol. The van der Waals surface area contributed by atoms with Crippen LogP contribution in [0.1, 0.15) is 23.5 Å². The molecule has 1 N–H and O–H groups in total. The van der Waals surface area contributed by atoms with Crippen molar-refractivity contribution >= 4 is 17.0 Å². The third-order valence-corrected chi connectivity index (χ3v) is 5.03. The summed E-state index contributed by atoms with van der Waals surface area (Å²) in [5.74, 6) is -0.540. The van der Waals surface area contributed by atoms with Crippen molar-refractivity contribution < 1.29 is 9.21 Å². The van der Waals surface area contributed by atoms with Crippen LogP contribution in [0.4, 0.5) is 0 Å². The second kappa shape index (κ2) is 8.61. The molecule has 146 valence electrons. The SMILES string of the molecule is O=C(Cn1c(=O)oc2ccccc21)NCCC(c1ccccc1)c1ccccc1. The molecule has 5 nitrogen and oxygen atoms in total. The van der Waals surface area contributed by atoms with Crippen LogP contribution < -0.4 is 11.1 Å². The number of carbonyl (C=O) groups is 1. The number of hydrogen-bond donors (Lipinski definition) is 1. The summed E-state index contributed by atoms with van der Waals surface area (Å²) in [7, 11) is 0. The van der Waals surface area contributed by atoms with Gasteiger partial charge >= 0.3 is 5.76 Å². The Bertz CT molecular complexity index is 1110. The Morgan fingerprint density at radius 3 is 2.10 bits per heavy atom. The minimum atomic E-state index is -0.521. The van der Waals surface area contributed by atoms with Crippen molar-refractivity contribution in [2.24, 2.45) is 0 Å². The third-order valence-electron chi connectivity index (χ3n) is 5.03. The summed E-state index contributed by atoms with van der Waals surface area (Å²) in [6.07, 6.45) is 0.765. The maximum Gasteiger partial charge on any atom is 0.420 e. The van der Waals surface area contributed by atoms with E-state index in [-0.39, 0.29) is 18.4 Å². The van der Waals surface area contributed by atoms with Crippen molar-refractivity contribution in [1.29, 1.82) is 0 Å². The van der Waals surface area contributed by atoms with Gasteiger partial charge in [-0.3, -0.25) is 9.36 Å². The van der Waals surface area contributed by atoms with Crippen molar-refractivity contribution in [3.8, 4) is 0 Å². The summed E-state index contributed by atoms with van der Waals surface area (Å²) in [4.78, 5) is 24.5. The highest BCUT2D eigenvalue weighted by atomic mass is 16.4. The zero-order valence-electron chi connectivity index (χ0n) is 16.0. The molecule has 0 aliphatic heterocycles. The average molecular weight is 386 g/mol. The number of nitrogens with zero attached hydrogens (tertiary/aromatic N) is 1. The lowest BCUT2D eigenvalue weighted by Crippen LogP contribution is -2.32. The summed E-state index contributed by atoms with van der Waals surface area (Å²) < 4.78 is 6.54. The normalized spacial score (nSPS) is 11.1. The first kappa shape index (κ1) is 18.7. The van der Waals surface area contributed by atoms with Gasteiger partial charge in [-0.1, -0.05) is 72.8 Å². The minimum Gasteiger partial charge on any atom is -0.408 e. The van der Waals surface area contributed by atoms with E-state index in [9.17, 15) is 9.59 Å². The molecule has 0 spiro atoms. The van der Waals surface area contributed by atoms with Gasteiger partial charge < -0.3 is 9.73 Å². The van der Waals surface area contributed by atoms with E-state index in [1.165, 1.54) is 15.7 Å². The topological polar surface area (TPSA) is 64.2 Å². The molecular weight excluding hydrogens is 364 g/mol. The van der Waals surface area contributed by atoms with E-state index in [4.69, 9.17) is 4.42 Å². The number of para-hydroxylation sites is 2. The number of aromatic nitrogens is 1. The zero-order valence-corrected chi connectivity index (χ0v) is 16.0. The van der Waals surface area contributed by atoms with Gasteiger partial charge in [0.25, 0.3) is 0 Å². The highest BCUT2D eigenvalue weighted by Crippen LogP contribution is 2.27. The second-order valence-electron chi connectivity index (χ2n) is 6.93. The standard InChI is InChI=1S/C24H22N2O3/c27-23(17-26-21-13-7-8-14-22(21)29-24(26)28)25-16-15-20(18-9-3-1-4-10-18)19-11-5-2-6-12-19/h1-14,20H,15-17H2,(H,25,27). The van der Waals surface area contributed by atoms with Gasteiger partial charge in [0.05, 0.1) is 5.52 Å². The van der Waals surface area contributed by atoms with Crippen LogP contribution in [-0.4, -0.2) is 17.0 Å². The largest absolute Gasteiger partial charge is 0.420 e. The lowest BCUT2D eigenvalue weighted by Gasteiger charge is -2.18. The molecule has 0 aliphatic rings. The number of oxazole rings is 1. The van der Waals surface area contributed by atoms with Crippen LogP contribution in [0.5, 0.6) is 0 Å². The molecule has 5 heteroatoms. The van der Waals surface area contributed by atoms with E-state index in [2.05, 4.69) is 29.6 Å². The van der Waals surface area contributed by atoms with Gasteiger partial charge in [-0.2, -0.15) is 0 Å². The van der Waals surface area contributed by atoms with Gasteiger partial charge in [0, 0.05) is 12.5 Å². The van der Waals surface area contributed by atoms with Crippen LogP contribution in [0.15, 0.2) is 94.1 Å². The number of benzene rings is 3. The van der Waals surface area contributed by atoms with E-state index in [1.807, 2.05) is 42.5 Å². The van der Waals surface area contributed by atoms with Gasteiger partial charge in [0.15, 0.2) is 5.58 Å². The van der Waals surface area contributed by atoms with Crippen molar-refractivity contribution in [1.82, 2.24) is 9.88 Å². The number of carbonyl (C=O) groups excluding carboxylic acids is 1. The quantitative estimate of drug-likeness (QED) is 0.523. The maximum atomic E-state index is 12.4. The Kier molecular flexibility index (Phi) is 5.56. The number of nitrogens with one attached hydrogen (secondary N) is 1. The van der Waals surface area contributed by atoms with E-state index in [1.54, 1.807) is 18.2 Å². The van der Waals surface area contributed by atoms with Crippen LogP contribution in [-0.2, 0) is 11.3 Å². The number of hydrogen-bond acceptors (Lipinski definition) is 3. The Labute approximate surface area is 168 Å². The van der Waals surface area contributed by atoms with Gasteiger partial charge in [-0.05, 0) is 29.7 Å². The molecule has 0 unspecified atom stereocenters. The van der Waals surface area contributed by atoms with Gasteiger partial charge in [0.2, 0.25) is 5.91 Å². The molecule has 0 fully saturated rings. The second-order valence-corrected chi connectivity index (χ2v) is 6.93. The lowest BCUT2D eigenvalue weighted by molar-refractivity contribution is -0.121. The molecule has 4 rings (SSSR count). The average Bonchev–Trinajstić information content (AvgIpc) is 3.07. The first-order valence-corrected chi connectivity index (χ1v) is 9.67. The van der Waals surface area contributed by atoms with Crippen LogP contribution in [0.3, 0.4) is 0 Å². The molecule has 0 radical (unpaired) electrons. The molecule has 1 heterocycles. The summed E-state index contributed by atoms with van der Waals surface area (Å²) in [5.41, 5.74) is 3.53. The lowest BCUT2D eigenvalue weighted by atomic mass is 9.88. The van der Waals surface area contributed by atoms with Crippen LogP contribution in [0.2, 0.25) is 0 Å². The molecular formula is C24H22N2O3. The highest BCUT2D eigenvalue weighted by Gasteiger charge is 2.15. The molecule has 0 saturated carbocycles. The third kappa shape index (κ3) is 4.29. The summed E-state index contributed by atoms with van der Waals surface area (Å²) in [6, 6.07) is 27.6. The molecule has 0 atom stereocenters. The Balaban J connectivity index is 1.43. The fourth-order valence-electron chi connectivity index (χ4n) is 3.62. The monoisotopic (exact) mass is 386 g/mol. The smallest absolute Gasteiger partial charge is 0.408 e. The van der Waals surface area contributed by atoms with Crippen LogP contribution >= 0.6 is 0 Å². The minimum absolute atomic E-state index is 0.0583. The fourth-order valence-corrected chi connectivity index (χ4v) is 3.62. The van der Waals surface area contributed by atoms with Crippen molar-refractivity contribution in [3.05, 3.63) is 107 Å². The fraction of sp³-hybridized carbons (Fsp3) is 0.167. The van der Waals surface area contributed by atoms with E-state index in [0.717, 1.165) is 6.42 Å². The molecule has 1 amide bonds. The molecule has 4 aromatic rings.